The molecule has 5 nitrogen and oxygen atoms in total. The Kier molecular flexibility index (Phi) is 5.54. The summed E-state index contributed by atoms with van der Waals surface area (Å²) in [5.41, 5.74) is 7.49. The molecule has 0 radical (unpaired) electrons. The van der Waals surface area contributed by atoms with E-state index < -0.39 is 6.04 Å². The number of rotatable bonds is 5. The zero-order valence-electron chi connectivity index (χ0n) is 15.7. The highest BCUT2D eigenvalue weighted by atomic mass is 32.2. The van der Waals surface area contributed by atoms with Gasteiger partial charge in [0.2, 0.25) is 0 Å². The largest absolute Gasteiger partial charge is 0.458 e. The Morgan fingerprint density at radius 1 is 1.50 bits per heavy atom. The molecule has 2 N–H and O–H groups in total. The summed E-state index contributed by atoms with van der Waals surface area (Å²) in [5, 5.41) is 0. The van der Waals surface area contributed by atoms with Crippen molar-refractivity contribution in [3.05, 3.63) is 24.3 Å². The Bertz CT molecular complexity index is 633. The maximum absolute atomic E-state index is 12.3. The average Bonchev–Trinajstić information content (AvgIpc) is 2.87. The van der Waals surface area contributed by atoms with Gasteiger partial charge in [0.05, 0.1) is 0 Å². The standard InChI is InChI=1S/C20H29NO4S/c1-11-13-9-14-12(2)16(24-19(23)15(21)6-8-26-4)5-7-20(14,3)10-17(13)25-18(11)22/h13-17H,1-2,5-10,21H2,3-4H3/t13-,14+,15+,16-,17-,20-/m1/s1. The molecule has 1 heterocycles. The van der Waals surface area contributed by atoms with Gasteiger partial charge in [0.1, 0.15) is 18.2 Å². The Balaban J connectivity index is 1.68. The summed E-state index contributed by atoms with van der Waals surface area (Å²) >= 11 is 1.66. The number of carbonyl (C=O) groups excluding carboxylic acids is 2. The van der Waals surface area contributed by atoms with Gasteiger partial charge in [-0.15, -0.1) is 0 Å². The van der Waals surface area contributed by atoms with Gasteiger partial charge in [-0.05, 0) is 61.0 Å². The average molecular weight is 380 g/mol. The van der Waals surface area contributed by atoms with E-state index in [1.54, 1.807) is 11.8 Å². The SMILES string of the molecule is C=C1C(=O)O[C@@H]2C[C@@]3(C)CC[C@@H](OC(=O)[C@@H](N)CCSC)C(=C)[C@@H]3C[C@H]12. The van der Waals surface area contributed by atoms with Crippen LogP contribution in [-0.2, 0) is 19.1 Å². The van der Waals surface area contributed by atoms with E-state index >= 15 is 0 Å². The summed E-state index contributed by atoms with van der Waals surface area (Å²) in [6, 6.07) is -0.583. The summed E-state index contributed by atoms with van der Waals surface area (Å²) in [5.74, 6) is 0.475. The molecule has 144 valence electrons. The second-order valence-corrected chi connectivity index (χ2v) is 9.13. The molecule has 3 aliphatic rings. The van der Waals surface area contributed by atoms with Crippen LogP contribution in [0.4, 0.5) is 0 Å². The van der Waals surface area contributed by atoms with Crippen LogP contribution in [0.15, 0.2) is 24.3 Å². The number of fused-ring (bicyclic) bond motifs is 2. The predicted molar refractivity (Wildman–Crippen MR) is 103 cm³/mol. The Labute approximate surface area is 159 Å². The molecule has 3 fully saturated rings. The zero-order valence-corrected chi connectivity index (χ0v) is 16.5. The summed E-state index contributed by atoms with van der Waals surface area (Å²) in [6.45, 7) is 10.4. The van der Waals surface area contributed by atoms with Crippen LogP contribution in [0.1, 0.15) is 39.0 Å². The van der Waals surface area contributed by atoms with Crippen LogP contribution in [0.25, 0.3) is 0 Å². The molecular weight excluding hydrogens is 350 g/mol. The molecule has 6 heteroatoms. The molecule has 3 rings (SSSR count). The van der Waals surface area contributed by atoms with Crippen LogP contribution in [-0.4, -0.2) is 42.2 Å². The maximum Gasteiger partial charge on any atom is 0.334 e. The monoisotopic (exact) mass is 379 g/mol. The van der Waals surface area contributed by atoms with Gasteiger partial charge in [-0.2, -0.15) is 11.8 Å². The number of thioether (sulfide) groups is 1. The molecule has 6 atom stereocenters. The lowest BCUT2D eigenvalue weighted by Gasteiger charge is -2.51. The molecule has 0 unspecified atom stereocenters. The molecule has 0 aromatic carbocycles. The Hall–Kier alpha value is -1.27. The van der Waals surface area contributed by atoms with Gasteiger partial charge in [-0.3, -0.25) is 4.79 Å². The molecule has 0 amide bonds. The highest BCUT2D eigenvalue weighted by molar-refractivity contribution is 7.98. The van der Waals surface area contributed by atoms with Gasteiger partial charge in [0.15, 0.2) is 0 Å². The van der Waals surface area contributed by atoms with Gasteiger partial charge in [0, 0.05) is 11.5 Å². The number of esters is 2. The van der Waals surface area contributed by atoms with Crippen molar-refractivity contribution in [3.8, 4) is 0 Å². The lowest BCUT2D eigenvalue weighted by molar-refractivity contribution is -0.153. The first kappa shape index (κ1) is 19.5. The van der Waals surface area contributed by atoms with Crippen molar-refractivity contribution >= 4 is 23.7 Å². The van der Waals surface area contributed by atoms with Crippen LogP contribution in [0.2, 0.25) is 0 Å². The lowest BCUT2D eigenvalue weighted by atomic mass is 9.55. The topological polar surface area (TPSA) is 78.6 Å². The van der Waals surface area contributed by atoms with E-state index in [2.05, 4.69) is 20.1 Å². The van der Waals surface area contributed by atoms with Crippen LogP contribution >= 0.6 is 11.8 Å². The third-order valence-electron chi connectivity index (χ3n) is 6.45. The molecule has 0 aromatic heterocycles. The van der Waals surface area contributed by atoms with Crippen molar-refractivity contribution in [3.63, 3.8) is 0 Å². The molecule has 0 aromatic rings. The summed E-state index contributed by atoms with van der Waals surface area (Å²) in [7, 11) is 0. The van der Waals surface area contributed by atoms with Crippen molar-refractivity contribution in [1.82, 2.24) is 0 Å². The van der Waals surface area contributed by atoms with Crippen molar-refractivity contribution in [2.75, 3.05) is 12.0 Å². The van der Waals surface area contributed by atoms with Crippen LogP contribution < -0.4 is 5.73 Å². The van der Waals surface area contributed by atoms with Crippen molar-refractivity contribution < 1.29 is 19.1 Å². The maximum atomic E-state index is 12.3. The van der Waals surface area contributed by atoms with E-state index in [1.165, 1.54) is 0 Å². The predicted octanol–water partition coefficient (Wildman–Crippen LogP) is 2.84. The number of nitrogens with two attached hydrogens (primary N) is 1. The van der Waals surface area contributed by atoms with Crippen molar-refractivity contribution in [2.45, 2.75) is 57.3 Å². The van der Waals surface area contributed by atoms with E-state index in [1.807, 2.05) is 6.26 Å². The van der Waals surface area contributed by atoms with E-state index in [0.29, 0.717) is 12.0 Å². The molecule has 0 spiro atoms. The molecule has 2 saturated carbocycles. The number of hydrogen-bond donors (Lipinski definition) is 1. The van der Waals surface area contributed by atoms with E-state index in [4.69, 9.17) is 15.2 Å². The molecule has 1 aliphatic heterocycles. The van der Waals surface area contributed by atoms with Crippen molar-refractivity contribution in [1.29, 1.82) is 0 Å². The fourth-order valence-electron chi connectivity index (χ4n) is 4.76. The van der Waals surface area contributed by atoms with Crippen LogP contribution in [0.3, 0.4) is 0 Å². The Morgan fingerprint density at radius 3 is 2.92 bits per heavy atom. The van der Waals surface area contributed by atoms with Gasteiger partial charge in [0.25, 0.3) is 0 Å². The molecule has 26 heavy (non-hydrogen) atoms. The molecule has 2 aliphatic carbocycles. The molecule has 0 bridgehead atoms. The third-order valence-corrected chi connectivity index (χ3v) is 7.09. The van der Waals surface area contributed by atoms with E-state index in [-0.39, 0.29) is 41.4 Å². The number of carbonyl (C=O) groups is 2. The highest BCUT2D eigenvalue weighted by Gasteiger charge is 2.54. The minimum Gasteiger partial charge on any atom is -0.458 e. The first-order valence-electron chi connectivity index (χ1n) is 9.30. The smallest absolute Gasteiger partial charge is 0.334 e. The quantitative estimate of drug-likeness (QED) is 0.450. The molecular formula is C20H29NO4S. The molecule has 1 saturated heterocycles. The number of hydrogen-bond acceptors (Lipinski definition) is 6. The fourth-order valence-corrected chi connectivity index (χ4v) is 5.25. The third kappa shape index (κ3) is 3.46. The minimum absolute atomic E-state index is 0.0209. The Morgan fingerprint density at radius 2 is 2.23 bits per heavy atom. The summed E-state index contributed by atoms with van der Waals surface area (Å²) in [6.07, 6.45) is 5.53. The second-order valence-electron chi connectivity index (χ2n) is 8.15. The van der Waals surface area contributed by atoms with E-state index in [9.17, 15) is 9.59 Å². The summed E-state index contributed by atoms with van der Waals surface area (Å²) < 4.78 is 11.2. The fraction of sp³-hybridized carbons (Fsp3) is 0.700. The van der Waals surface area contributed by atoms with Gasteiger partial charge in [-0.1, -0.05) is 20.1 Å². The lowest BCUT2D eigenvalue weighted by Crippen LogP contribution is -2.48. The first-order valence-corrected chi connectivity index (χ1v) is 10.7. The minimum atomic E-state index is -0.583. The number of ether oxygens (including phenoxy) is 2. The van der Waals surface area contributed by atoms with Gasteiger partial charge in [-0.25, -0.2) is 4.79 Å². The van der Waals surface area contributed by atoms with Crippen LogP contribution in [0.5, 0.6) is 0 Å². The normalized spacial score (nSPS) is 37.6. The summed E-state index contributed by atoms with van der Waals surface area (Å²) in [4.78, 5) is 24.2. The highest BCUT2D eigenvalue weighted by Crippen LogP contribution is 2.57. The van der Waals surface area contributed by atoms with Gasteiger partial charge < -0.3 is 15.2 Å². The second kappa shape index (κ2) is 7.39. The van der Waals surface area contributed by atoms with Crippen molar-refractivity contribution in [2.24, 2.45) is 23.0 Å². The first-order chi connectivity index (χ1) is 12.3. The van der Waals surface area contributed by atoms with Crippen LogP contribution in [0, 0.1) is 17.3 Å². The van der Waals surface area contributed by atoms with E-state index in [0.717, 1.165) is 37.0 Å². The zero-order chi connectivity index (χ0) is 19.1. The van der Waals surface area contributed by atoms with Gasteiger partial charge >= 0.3 is 11.9 Å².